The van der Waals surface area contributed by atoms with Crippen molar-refractivity contribution < 1.29 is 9.59 Å². The van der Waals surface area contributed by atoms with Crippen LogP contribution in [0.4, 0.5) is 0 Å². The van der Waals surface area contributed by atoms with Gasteiger partial charge in [0, 0.05) is 6.54 Å². The molecule has 5 N–H and O–H groups in total. The second-order valence-corrected chi connectivity index (χ2v) is 5.15. The minimum absolute atomic E-state index is 0. The summed E-state index contributed by atoms with van der Waals surface area (Å²) in [5.41, 5.74) is 10.5. The fourth-order valence-corrected chi connectivity index (χ4v) is 2.22. The lowest BCUT2D eigenvalue weighted by molar-refractivity contribution is -0.126. The molecule has 0 aromatic rings. The summed E-state index contributed by atoms with van der Waals surface area (Å²) in [4.78, 5) is 22.2. The van der Waals surface area contributed by atoms with E-state index in [0.717, 1.165) is 18.8 Å². The summed E-state index contributed by atoms with van der Waals surface area (Å²) >= 11 is 0. The summed E-state index contributed by atoms with van der Waals surface area (Å²) in [5, 5.41) is 2.80. The van der Waals surface area contributed by atoms with Crippen LogP contribution in [0, 0.1) is 11.8 Å². The molecule has 1 saturated carbocycles. The molecule has 0 aromatic heterocycles. The first-order chi connectivity index (χ1) is 7.99. The summed E-state index contributed by atoms with van der Waals surface area (Å²) in [7, 11) is 0. The van der Waals surface area contributed by atoms with Crippen molar-refractivity contribution in [1.82, 2.24) is 5.32 Å². The molecule has 0 heterocycles. The van der Waals surface area contributed by atoms with Crippen LogP contribution in [0.3, 0.4) is 0 Å². The number of primary amides is 1. The molecule has 0 saturated heterocycles. The number of amides is 2. The standard InChI is InChI=1S/C12H23N3O2.ClH/c1-8-2-4-9(5-3-8)7-15-12(17)10(13)6-11(14)16;/h8-10H,2-7,13H2,1H3,(H2,14,16)(H,15,17);1H. The molecule has 2 amide bonds. The first-order valence-electron chi connectivity index (χ1n) is 6.30. The SMILES string of the molecule is CC1CCC(CNC(=O)C(N)CC(N)=O)CC1.Cl. The maximum atomic E-state index is 11.5. The highest BCUT2D eigenvalue weighted by Gasteiger charge is 2.20. The third kappa shape index (κ3) is 6.21. The van der Waals surface area contributed by atoms with Crippen LogP contribution in [0.15, 0.2) is 0 Å². The molecule has 1 rings (SSSR count). The highest BCUT2D eigenvalue weighted by atomic mass is 35.5. The molecule has 0 spiro atoms. The largest absolute Gasteiger partial charge is 0.370 e. The number of halogens is 1. The molecular weight excluding hydrogens is 254 g/mol. The number of hydrogen-bond donors (Lipinski definition) is 3. The molecule has 18 heavy (non-hydrogen) atoms. The molecule has 0 bridgehead atoms. The van der Waals surface area contributed by atoms with Gasteiger partial charge in [0.1, 0.15) is 0 Å². The lowest BCUT2D eigenvalue weighted by Gasteiger charge is -2.26. The molecule has 106 valence electrons. The van der Waals surface area contributed by atoms with Gasteiger partial charge < -0.3 is 16.8 Å². The van der Waals surface area contributed by atoms with Crippen LogP contribution in [-0.2, 0) is 9.59 Å². The van der Waals surface area contributed by atoms with Crippen molar-refractivity contribution in [1.29, 1.82) is 0 Å². The average molecular weight is 278 g/mol. The van der Waals surface area contributed by atoms with Crippen molar-refractivity contribution in [2.45, 2.75) is 45.1 Å². The van der Waals surface area contributed by atoms with Gasteiger partial charge in [-0.15, -0.1) is 12.4 Å². The topological polar surface area (TPSA) is 98.2 Å². The Morgan fingerprint density at radius 3 is 2.33 bits per heavy atom. The summed E-state index contributed by atoms with van der Waals surface area (Å²) in [6.45, 7) is 2.93. The zero-order valence-electron chi connectivity index (χ0n) is 10.9. The number of hydrogen-bond acceptors (Lipinski definition) is 3. The van der Waals surface area contributed by atoms with Crippen molar-refractivity contribution in [2.24, 2.45) is 23.3 Å². The van der Waals surface area contributed by atoms with E-state index in [9.17, 15) is 9.59 Å². The Morgan fingerprint density at radius 1 is 1.28 bits per heavy atom. The van der Waals surface area contributed by atoms with Crippen LogP contribution in [0.25, 0.3) is 0 Å². The number of nitrogens with one attached hydrogen (secondary N) is 1. The van der Waals surface area contributed by atoms with Crippen molar-refractivity contribution >= 4 is 24.2 Å². The normalized spacial score (nSPS) is 24.8. The van der Waals surface area contributed by atoms with E-state index in [1.807, 2.05) is 0 Å². The maximum Gasteiger partial charge on any atom is 0.237 e. The highest BCUT2D eigenvalue weighted by molar-refractivity contribution is 5.87. The second kappa shape index (κ2) is 8.32. The van der Waals surface area contributed by atoms with Crippen LogP contribution in [0.5, 0.6) is 0 Å². The quantitative estimate of drug-likeness (QED) is 0.684. The minimum Gasteiger partial charge on any atom is -0.370 e. The minimum atomic E-state index is -0.810. The Morgan fingerprint density at radius 2 is 1.83 bits per heavy atom. The van der Waals surface area contributed by atoms with E-state index in [4.69, 9.17) is 11.5 Å². The van der Waals surface area contributed by atoms with Gasteiger partial charge in [-0.1, -0.05) is 19.8 Å². The van der Waals surface area contributed by atoms with Crippen molar-refractivity contribution in [3.8, 4) is 0 Å². The number of carbonyl (C=O) groups is 2. The van der Waals surface area contributed by atoms with E-state index in [-0.39, 0.29) is 24.7 Å². The van der Waals surface area contributed by atoms with Gasteiger partial charge in [-0.25, -0.2) is 0 Å². The molecular formula is C12H24ClN3O2. The zero-order chi connectivity index (χ0) is 12.8. The van der Waals surface area contributed by atoms with Gasteiger partial charge in [0.2, 0.25) is 11.8 Å². The van der Waals surface area contributed by atoms with E-state index < -0.39 is 11.9 Å². The summed E-state index contributed by atoms with van der Waals surface area (Å²) < 4.78 is 0. The molecule has 5 nitrogen and oxygen atoms in total. The van der Waals surface area contributed by atoms with Crippen molar-refractivity contribution in [2.75, 3.05) is 6.54 Å². The van der Waals surface area contributed by atoms with Gasteiger partial charge in [0.15, 0.2) is 0 Å². The number of rotatable bonds is 5. The Bertz CT molecular complexity index is 278. The van der Waals surface area contributed by atoms with Crippen molar-refractivity contribution in [3.05, 3.63) is 0 Å². The van der Waals surface area contributed by atoms with Gasteiger partial charge in [-0.05, 0) is 24.7 Å². The van der Waals surface area contributed by atoms with Gasteiger partial charge in [-0.3, -0.25) is 9.59 Å². The van der Waals surface area contributed by atoms with Crippen LogP contribution < -0.4 is 16.8 Å². The van der Waals surface area contributed by atoms with E-state index >= 15 is 0 Å². The smallest absolute Gasteiger partial charge is 0.237 e. The average Bonchev–Trinajstić information content (AvgIpc) is 2.27. The molecule has 1 unspecified atom stereocenters. The molecule has 1 aliphatic carbocycles. The number of carbonyl (C=O) groups excluding carboxylic acids is 2. The molecule has 0 aliphatic heterocycles. The fraction of sp³-hybridized carbons (Fsp3) is 0.833. The van der Waals surface area contributed by atoms with E-state index in [1.165, 1.54) is 12.8 Å². The lowest BCUT2D eigenvalue weighted by atomic mass is 9.83. The third-order valence-electron chi connectivity index (χ3n) is 3.46. The Balaban J connectivity index is 0.00000289. The Labute approximate surface area is 114 Å². The predicted octanol–water partition coefficient (Wildman–Crippen LogP) is 0.553. The van der Waals surface area contributed by atoms with Crippen LogP contribution >= 0.6 is 12.4 Å². The number of nitrogens with two attached hydrogens (primary N) is 2. The molecule has 6 heteroatoms. The highest BCUT2D eigenvalue weighted by Crippen LogP contribution is 2.27. The van der Waals surface area contributed by atoms with Crippen LogP contribution in [-0.4, -0.2) is 24.4 Å². The monoisotopic (exact) mass is 277 g/mol. The predicted molar refractivity (Wildman–Crippen MR) is 73.2 cm³/mol. The maximum absolute atomic E-state index is 11.5. The summed E-state index contributed by atoms with van der Waals surface area (Å²) in [5.74, 6) is 0.538. The van der Waals surface area contributed by atoms with E-state index in [2.05, 4.69) is 12.2 Å². The molecule has 1 atom stereocenters. The summed E-state index contributed by atoms with van der Waals surface area (Å²) in [6.07, 6.45) is 4.69. The molecule has 0 radical (unpaired) electrons. The van der Waals surface area contributed by atoms with Gasteiger partial charge >= 0.3 is 0 Å². The van der Waals surface area contributed by atoms with Crippen molar-refractivity contribution in [3.63, 3.8) is 0 Å². The van der Waals surface area contributed by atoms with E-state index in [0.29, 0.717) is 12.5 Å². The molecule has 0 aromatic carbocycles. The van der Waals surface area contributed by atoms with Crippen LogP contribution in [0.1, 0.15) is 39.0 Å². The first-order valence-corrected chi connectivity index (χ1v) is 6.30. The Hall–Kier alpha value is -0.810. The lowest BCUT2D eigenvalue weighted by Crippen LogP contribution is -2.44. The van der Waals surface area contributed by atoms with E-state index in [1.54, 1.807) is 0 Å². The molecule has 1 fully saturated rings. The summed E-state index contributed by atoms with van der Waals surface area (Å²) in [6, 6.07) is -0.810. The zero-order valence-corrected chi connectivity index (χ0v) is 11.7. The third-order valence-corrected chi connectivity index (χ3v) is 3.46. The Kier molecular flexibility index (Phi) is 7.95. The molecule has 1 aliphatic rings. The van der Waals surface area contributed by atoms with Crippen LogP contribution in [0.2, 0.25) is 0 Å². The first kappa shape index (κ1) is 17.2. The van der Waals surface area contributed by atoms with Gasteiger partial charge in [-0.2, -0.15) is 0 Å². The fourth-order valence-electron chi connectivity index (χ4n) is 2.22. The second-order valence-electron chi connectivity index (χ2n) is 5.15. The van der Waals surface area contributed by atoms with Gasteiger partial charge in [0.05, 0.1) is 12.5 Å². The van der Waals surface area contributed by atoms with Gasteiger partial charge in [0.25, 0.3) is 0 Å².